The van der Waals surface area contributed by atoms with E-state index in [1.807, 2.05) is 24.3 Å². The number of benzene rings is 1. The van der Waals surface area contributed by atoms with Crippen molar-refractivity contribution >= 4 is 17.5 Å². The summed E-state index contributed by atoms with van der Waals surface area (Å²) < 4.78 is 0. The van der Waals surface area contributed by atoms with Gasteiger partial charge in [0.2, 0.25) is 11.8 Å². The molecule has 0 aliphatic heterocycles. The number of hydrogen-bond acceptors (Lipinski definition) is 2. The van der Waals surface area contributed by atoms with E-state index in [9.17, 15) is 9.59 Å². The zero-order valence-electron chi connectivity index (χ0n) is 13.8. The maximum absolute atomic E-state index is 12.2. The summed E-state index contributed by atoms with van der Waals surface area (Å²) in [6.07, 6.45) is 0.653. The quantitative estimate of drug-likeness (QED) is 0.848. The van der Waals surface area contributed by atoms with Crippen LogP contribution in [0.4, 0.5) is 5.69 Å². The van der Waals surface area contributed by atoms with Gasteiger partial charge in [0, 0.05) is 12.2 Å². The first-order valence-corrected chi connectivity index (χ1v) is 8.07. The van der Waals surface area contributed by atoms with Gasteiger partial charge in [-0.15, -0.1) is 0 Å². The molecule has 22 heavy (non-hydrogen) atoms. The third kappa shape index (κ3) is 4.33. The zero-order valence-corrected chi connectivity index (χ0v) is 13.8. The van der Waals surface area contributed by atoms with Crippen LogP contribution in [0.25, 0.3) is 0 Å². The Kier molecular flexibility index (Phi) is 5.22. The smallest absolute Gasteiger partial charge is 0.228 e. The molecule has 2 N–H and O–H groups in total. The number of anilines is 1. The predicted molar refractivity (Wildman–Crippen MR) is 88.6 cm³/mol. The van der Waals surface area contributed by atoms with E-state index in [0.717, 1.165) is 5.69 Å². The predicted octanol–water partition coefficient (Wildman–Crippen LogP) is 3.16. The maximum atomic E-state index is 12.2. The van der Waals surface area contributed by atoms with Crippen LogP contribution in [0.15, 0.2) is 24.3 Å². The molecular formula is C18H26N2O2. The highest BCUT2D eigenvalue weighted by molar-refractivity contribution is 5.99. The summed E-state index contributed by atoms with van der Waals surface area (Å²) in [5, 5.41) is 5.79. The van der Waals surface area contributed by atoms with Crippen molar-refractivity contribution in [1.82, 2.24) is 5.32 Å². The molecule has 1 aromatic carbocycles. The van der Waals surface area contributed by atoms with Gasteiger partial charge < -0.3 is 10.6 Å². The standard InChI is InChI=1S/C18H26N2O2/c1-11(2)10-19-17(21)15-9-16(15)18(22)20-14-7-5-13(6-8-14)12(3)4/h5-8,11-12,15-16H,9-10H2,1-4H3,(H,19,21)(H,20,22). The minimum Gasteiger partial charge on any atom is -0.356 e. The molecule has 1 saturated carbocycles. The van der Waals surface area contributed by atoms with Crippen molar-refractivity contribution in [3.8, 4) is 0 Å². The van der Waals surface area contributed by atoms with E-state index < -0.39 is 0 Å². The summed E-state index contributed by atoms with van der Waals surface area (Å²) in [6, 6.07) is 7.90. The Morgan fingerprint density at radius 3 is 2.18 bits per heavy atom. The molecule has 2 amide bonds. The van der Waals surface area contributed by atoms with Gasteiger partial charge in [-0.25, -0.2) is 0 Å². The highest BCUT2D eigenvalue weighted by atomic mass is 16.2. The molecule has 0 bridgehead atoms. The molecule has 0 heterocycles. The van der Waals surface area contributed by atoms with Gasteiger partial charge in [0.15, 0.2) is 0 Å². The number of nitrogens with one attached hydrogen (secondary N) is 2. The molecule has 1 aromatic rings. The van der Waals surface area contributed by atoms with Crippen molar-refractivity contribution < 1.29 is 9.59 Å². The maximum Gasteiger partial charge on any atom is 0.228 e. The van der Waals surface area contributed by atoms with Crippen molar-refractivity contribution in [3.05, 3.63) is 29.8 Å². The number of hydrogen-bond donors (Lipinski definition) is 2. The van der Waals surface area contributed by atoms with Gasteiger partial charge in [-0.1, -0.05) is 39.8 Å². The molecular weight excluding hydrogens is 276 g/mol. The van der Waals surface area contributed by atoms with Gasteiger partial charge in [0.1, 0.15) is 0 Å². The van der Waals surface area contributed by atoms with Crippen LogP contribution in [0.1, 0.15) is 45.6 Å². The fourth-order valence-corrected chi connectivity index (χ4v) is 2.40. The number of carbonyl (C=O) groups excluding carboxylic acids is 2. The van der Waals surface area contributed by atoms with Crippen LogP contribution >= 0.6 is 0 Å². The Labute approximate surface area is 132 Å². The Morgan fingerprint density at radius 1 is 1.05 bits per heavy atom. The number of amides is 2. The van der Waals surface area contributed by atoms with Gasteiger partial charge >= 0.3 is 0 Å². The molecule has 0 saturated heterocycles. The molecule has 4 nitrogen and oxygen atoms in total. The first-order chi connectivity index (χ1) is 10.4. The number of rotatable bonds is 6. The van der Waals surface area contributed by atoms with Gasteiger partial charge in [-0.3, -0.25) is 9.59 Å². The third-order valence-electron chi connectivity index (χ3n) is 3.99. The second-order valence-corrected chi connectivity index (χ2v) is 6.85. The van der Waals surface area contributed by atoms with Gasteiger partial charge in [0.05, 0.1) is 11.8 Å². The second kappa shape index (κ2) is 6.95. The highest BCUT2D eigenvalue weighted by Crippen LogP contribution is 2.39. The van der Waals surface area contributed by atoms with Crippen molar-refractivity contribution in [1.29, 1.82) is 0 Å². The van der Waals surface area contributed by atoms with Crippen LogP contribution in [-0.2, 0) is 9.59 Å². The summed E-state index contributed by atoms with van der Waals surface area (Å²) >= 11 is 0. The largest absolute Gasteiger partial charge is 0.356 e. The van der Waals surface area contributed by atoms with Crippen LogP contribution in [0.5, 0.6) is 0 Å². The Morgan fingerprint density at radius 2 is 1.64 bits per heavy atom. The lowest BCUT2D eigenvalue weighted by molar-refractivity contribution is -0.125. The molecule has 1 aliphatic rings. The monoisotopic (exact) mass is 302 g/mol. The SMILES string of the molecule is CC(C)CNC(=O)C1CC1C(=O)Nc1ccc(C(C)C)cc1. The van der Waals surface area contributed by atoms with Gasteiger partial charge in [-0.05, 0) is 36.0 Å². The highest BCUT2D eigenvalue weighted by Gasteiger charge is 2.47. The second-order valence-electron chi connectivity index (χ2n) is 6.85. The lowest BCUT2D eigenvalue weighted by Crippen LogP contribution is -2.30. The first kappa shape index (κ1) is 16.5. The average Bonchev–Trinajstić information content (AvgIpc) is 3.25. The molecule has 2 rings (SSSR count). The van der Waals surface area contributed by atoms with Crippen LogP contribution in [0.2, 0.25) is 0 Å². The Balaban J connectivity index is 1.82. The third-order valence-corrected chi connectivity index (χ3v) is 3.99. The summed E-state index contributed by atoms with van der Waals surface area (Å²) in [5.74, 6) is 0.508. The molecule has 0 radical (unpaired) electrons. The topological polar surface area (TPSA) is 58.2 Å². The van der Waals surface area contributed by atoms with E-state index in [0.29, 0.717) is 24.8 Å². The number of carbonyl (C=O) groups is 2. The van der Waals surface area contributed by atoms with Gasteiger partial charge in [0.25, 0.3) is 0 Å². The zero-order chi connectivity index (χ0) is 16.3. The van der Waals surface area contributed by atoms with Crippen molar-refractivity contribution in [2.75, 3.05) is 11.9 Å². The summed E-state index contributed by atoms with van der Waals surface area (Å²) in [5.41, 5.74) is 2.04. The van der Waals surface area contributed by atoms with E-state index in [-0.39, 0.29) is 23.7 Å². The van der Waals surface area contributed by atoms with Crippen molar-refractivity contribution in [2.24, 2.45) is 17.8 Å². The molecule has 1 fully saturated rings. The van der Waals surface area contributed by atoms with E-state index >= 15 is 0 Å². The molecule has 0 aromatic heterocycles. The normalized spacial score (nSPS) is 20.1. The fraction of sp³-hybridized carbons (Fsp3) is 0.556. The lowest BCUT2D eigenvalue weighted by Gasteiger charge is -2.09. The average molecular weight is 302 g/mol. The van der Waals surface area contributed by atoms with Crippen molar-refractivity contribution in [2.45, 2.75) is 40.0 Å². The van der Waals surface area contributed by atoms with Crippen LogP contribution in [0, 0.1) is 17.8 Å². The molecule has 0 spiro atoms. The van der Waals surface area contributed by atoms with E-state index in [2.05, 4.69) is 38.3 Å². The molecule has 4 heteroatoms. The summed E-state index contributed by atoms with van der Waals surface area (Å²) in [7, 11) is 0. The van der Waals surface area contributed by atoms with Crippen molar-refractivity contribution in [3.63, 3.8) is 0 Å². The fourth-order valence-electron chi connectivity index (χ4n) is 2.40. The van der Waals surface area contributed by atoms with Crippen LogP contribution in [-0.4, -0.2) is 18.4 Å². The lowest BCUT2D eigenvalue weighted by atomic mass is 10.0. The van der Waals surface area contributed by atoms with E-state index in [1.54, 1.807) is 0 Å². The first-order valence-electron chi connectivity index (χ1n) is 8.07. The van der Waals surface area contributed by atoms with Crippen LogP contribution < -0.4 is 10.6 Å². The van der Waals surface area contributed by atoms with Gasteiger partial charge in [-0.2, -0.15) is 0 Å². The Hall–Kier alpha value is -1.84. The minimum atomic E-state index is -0.183. The summed E-state index contributed by atoms with van der Waals surface area (Å²) in [4.78, 5) is 24.1. The molecule has 2 unspecified atom stereocenters. The molecule has 120 valence electrons. The molecule has 2 atom stereocenters. The van der Waals surface area contributed by atoms with E-state index in [4.69, 9.17) is 0 Å². The van der Waals surface area contributed by atoms with Crippen LogP contribution in [0.3, 0.4) is 0 Å². The minimum absolute atomic E-state index is 0.00371. The molecule has 1 aliphatic carbocycles. The van der Waals surface area contributed by atoms with E-state index in [1.165, 1.54) is 5.56 Å². The Bertz CT molecular complexity index is 535. The summed E-state index contributed by atoms with van der Waals surface area (Å²) in [6.45, 7) is 9.05.